The molecule has 0 bridgehead atoms. The van der Waals surface area contributed by atoms with Gasteiger partial charge in [0.1, 0.15) is 0 Å². The van der Waals surface area contributed by atoms with Crippen molar-refractivity contribution in [2.24, 2.45) is 0 Å². The van der Waals surface area contributed by atoms with Gasteiger partial charge in [-0.1, -0.05) is 12.1 Å². The summed E-state index contributed by atoms with van der Waals surface area (Å²) in [5, 5.41) is 0.644. The lowest BCUT2D eigenvalue weighted by Gasteiger charge is -2.00. The molecule has 0 radical (unpaired) electrons. The zero-order valence-corrected chi connectivity index (χ0v) is 10.1. The smallest absolute Gasteiger partial charge is 0.180 e. The minimum absolute atomic E-state index is 0.644. The number of hydrogen-bond acceptors (Lipinski definition) is 4. The van der Waals surface area contributed by atoms with E-state index in [9.17, 15) is 0 Å². The number of anilines is 1. The predicted octanol–water partition coefficient (Wildman–Crippen LogP) is 3.04. The molecule has 1 heterocycles. The summed E-state index contributed by atoms with van der Waals surface area (Å²) in [6, 6.07) is 8.55. The molecule has 0 saturated heterocycles. The highest BCUT2D eigenvalue weighted by atomic mass is 32.2. The molecule has 0 saturated carbocycles. The standard InChI is InChI=1S/C11H12N2S2/c1-14-9-4-2-3-8(5-9)6-10-7-13-11(12)15-10/h2-5,7H,6H2,1H3,(H2,12,13). The van der Waals surface area contributed by atoms with Gasteiger partial charge >= 0.3 is 0 Å². The van der Waals surface area contributed by atoms with Gasteiger partial charge in [-0.3, -0.25) is 0 Å². The van der Waals surface area contributed by atoms with E-state index in [2.05, 4.69) is 35.5 Å². The Morgan fingerprint density at radius 2 is 2.33 bits per heavy atom. The molecule has 1 aromatic heterocycles. The van der Waals surface area contributed by atoms with E-state index in [1.807, 2.05) is 6.20 Å². The molecular formula is C11H12N2S2. The minimum Gasteiger partial charge on any atom is -0.375 e. The van der Waals surface area contributed by atoms with E-state index in [-0.39, 0.29) is 0 Å². The maximum absolute atomic E-state index is 5.59. The first kappa shape index (κ1) is 10.5. The van der Waals surface area contributed by atoms with E-state index in [4.69, 9.17) is 5.73 Å². The Morgan fingerprint density at radius 1 is 1.47 bits per heavy atom. The fourth-order valence-electron chi connectivity index (χ4n) is 1.39. The van der Waals surface area contributed by atoms with Crippen molar-refractivity contribution in [3.8, 4) is 0 Å². The highest BCUT2D eigenvalue weighted by Crippen LogP contribution is 2.21. The maximum atomic E-state index is 5.59. The summed E-state index contributed by atoms with van der Waals surface area (Å²) in [7, 11) is 0. The molecule has 0 aliphatic carbocycles. The minimum atomic E-state index is 0.644. The maximum Gasteiger partial charge on any atom is 0.180 e. The summed E-state index contributed by atoms with van der Waals surface area (Å²) in [4.78, 5) is 6.56. The number of thioether (sulfide) groups is 1. The predicted molar refractivity (Wildman–Crippen MR) is 67.6 cm³/mol. The summed E-state index contributed by atoms with van der Waals surface area (Å²) in [5.41, 5.74) is 6.90. The van der Waals surface area contributed by atoms with Gasteiger partial charge < -0.3 is 5.73 Å². The third kappa shape index (κ3) is 2.73. The Bertz CT molecular complexity index is 451. The summed E-state index contributed by atoms with van der Waals surface area (Å²) >= 11 is 3.32. The van der Waals surface area contributed by atoms with E-state index >= 15 is 0 Å². The molecule has 0 atom stereocenters. The number of nitrogens with two attached hydrogens (primary N) is 1. The summed E-state index contributed by atoms with van der Waals surface area (Å²) < 4.78 is 0. The molecule has 0 aliphatic rings. The average molecular weight is 236 g/mol. The fourth-order valence-corrected chi connectivity index (χ4v) is 2.59. The third-order valence-corrected chi connectivity index (χ3v) is 3.64. The van der Waals surface area contributed by atoms with Gasteiger partial charge in [0.05, 0.1) is 0 Å². The summed E-state index contributed by atoms with van der Waals surface area (Å²) in [6.07, 6.45) is 4.86. The van der Waals surface area contributed by atoms with Crippen molar-refractivity contribution in [3.05, 3.63) is 40.9 Å². The van der Waals surface area contributed by atoms with E-state index in [0.29, 0.717) is 5.13 Å². The van der Waals surface area contributed by atoms with Gasteiger partial charge in [-0.2, -0.15) is 0 Å². The first-order valence-electron chi connectivity index (χ1n) is 4.61. The second-order valence-corrected chi connectivity index (χ2v) is 5.22. The van der Waals surface area contributed by atoms with Crippen LogP contribution < -0.4 is 5.73 Å². The number of aromatic nitrogens is 1. The number of rotatable bonds is 3. The molecule has 1 aromatic carbocycles. The van der Waals surface area contributed by atoms with Crippen molar-refractivity contribution in [2.45, 2.75) is 11.3 Å². The zero-order chi connectivity index (χ0) is 10.7. The monoisotopic (exact) mass is 236 g/mol. The van der Waals surface area contributed by atoms with Crippen molar-refractivity contribution in [2.75, 3.05) is 12.0 Å². The van der Waals surface area contributed by atoms with Crippen LogP contribution in [0.3, 0.4) is 0 Å². The number of hydrogen-bond donors (Lipinski definition) is 1. The molecule has 78 valence electrons. The van der Waals surface area contributed by atoms with Crippen molar-refractivity contribution < 1.29 is 0 Å². The summed E-state index contributed by atoms with van der Waals surface area (Å²) in [6.45, 7) is 0. The Hall–Kier alpha value is -1.00. The van der Waals surface area contributed by atoms with Crippen LogP contribution in [-0.2, 0) is 6.42 Å². The van der Waals surface area contributed by atoms with Gasteiger partial charge in [-0.15, -0.1) is 23.1 Å². The van der Waals surface area contributed by atoms with Crippen LogP contribution in [0.2, 0.25) is 0 Å². The first-order valence-corrected chi connectivity index (χ1v) is 6.65. The van der Waals surface area contributed by atoms with Gasteiger partial charge in [0.15, 0.2) is 5.13 Å². The van der Waals surface area contributed by atoms with E-state index in [1.165, 1.54) is 15.3 Å². The van der Waals surface area contributed by atoms with E-state index in [1.54, 1.807) is 23.1 Å². The van der Waals surface area contributed by atoms with Crippen LogP contribution in [0.1, 0.15) is 10.4 Å². The molecular weight excluding hydrogens is 224 g/mol. The van der Waals surface area contributed by atoms with E-state index < -0.39 is 0 Å². The Labute approximate surface area is 97.5 Å². The van der Waals surface area contributed by atoms with Crippen LogP contribution >= 0.6 is 23.1 Å². The lowest BCUT2D eigenvalue weighted by Crippen LogP contribution is -1.84. The number of nitrogen functional groups attached to an aromatic ring is 1. The van der Waals surface area contributed by atoms with Crippen molar-refractivity contribution in [1.82, 2.24) is 4.98 Å². The molecule has 0 spiro atoms. The number of nitrogens with zero attached hydrogens (tertiary/aromatic N) is 1. The normalized spacial score (nSPS) is 10.5. The molecule has 15 heavy (non-hydrogen) atoms. The van der Waals surface area contributed by atoms with Gasteiger partial charge in [0.2, 0.25) is 0 Å². The van der Waals surface area contributed by atoms with Crippen LogP contribution in [0.25, 0.3) is 0 Å². The lowest BCUT2D eigenvalue weighted by molar-refractivity contribution is 1.19. The SMILES string of the molecule is CSc1cccc(Cc2cnc(N)s2)c1. The molecule has 2 N–H and O–H groups in total. The molecule has 0 amide bonds. The fraction of sp³-hybridized carbons (Fsp3) is 0.182. The Kier molecular flexibility index (Phi) is 3.28. The average Bonchev–Trinajstić information content (AvgIpc) is 2.64. The second-order valence-electron chi connectivity index (χ2n) is 3.19. The number of thiazole rings is 1. The van der Waals surface area contributed by atoms with Crippen LogP contribution in [0.5, 0.6) is 0 Å². The van der Waals surface area contributed by atoms with Crippen LogP contribution in [-0.4, -0.2) is 11.2 Å². The second kappa shape index (κ2) is 4.68. The molecule has 2 nitrogen and oxygen atoms in total. The van der Waals surface area contributed by atoms with Crippen LogP contribution in [0.4, 0.5) is 5.13 Å². The highest BCUT2D eigenvalue weighted by Gasteiger charge is 2.01. The van der Waals surface area contributed by atoms with Crippen LogP contribution in [0.15, 0.2) is 35.4 Å². The Balaban J connectivity index is 2.16. The lowest BCUT2D eigenvalue weighted by atomic mass is 10.1. The third-order valence-electron chi connectivity index (χ3n) is 2.08. The van der Waals surface area contributed by atoms with E-state index in [0.717, 1.165) is 6.42 Å². The van der Waals surface area contributed by atoms with Gasteiger partial charge in [-0.05, 0) is 24.0 Å². The van der Waals surface area contributed by atoms with Crippen molar-refractivity contribution in [3.63, 3.8) is 0 Å². The van der Waals surface area contributed by atoms with Gasteiger partial charge in [0.25, 0.3) is 0 Å². The quantitative estimate of drug-likeness (QED) is 0.833. The molecule has 2 rings (SSSR count). The number of benzene rings is 1. The topological polar surface area (TPSA) is 38.9 Å². The van der Waals surface area contributed by atoms with Crippen molar-refractivity contribution >= 4 is 28.2 Å². The molecule has 2 aromatic rings. The van der Waals surface area contributed by atoms with Crippen molar-refractivity contribution in [1.29, 1.82) is 0 Å². The van der Waals surface area contributed by atoms with Gasteiger partial charge in [-0.25, -0.2) is 4.98 Å². The molecule has 0 fully saturated rings. The molecule has 0 aliphatic heterocycles. The summed E-state index contributed by atoms with van der Waals surface area (Å²) in [5.74, 6) is 0. The first-order chi connectivity index (χ1) is 7.28. The Morgan fingerprint density at radius 3 is 3.00 bits per heavy atom. The van der Waals surface area contributed by atoms with Gasteiger partial charge in [0, 0.05) is 22.4 Å². The zero-order valence-electron chi connectivity index (χ0n) is 8.43. The molecule has 0 unspecified atom stereocenters. The molecule has 4 heteroatoms. The largest absolute Gasteiger partial charge is 0.375 e. The highest BCUT2D eigenvalue weighted by molar-refractivity contribution is 7.98. The van der Waals surface area contributed by atoms with Crippen LogP contribution in [0, 0.1) is 0 Å².